The van der Waals surface area contributed by atoms with Gasteiger partial charge in [-0.25, -0.2) is 4.79 Å². The highest BCUT2D eigenvalue weighted by atomic mass is 16.5. The van der Waals surface area contributed by atoms with Crippen molar-refractivity contribution in [2.75, 3.05) is 20.7 Å². The van der Waals surface area contributed by atoms with E-state index in [0.717, 1.165) is 24.1 Å². The molecule has 0 spiro atoms. The summed E-state index contributed by atoms with van der Waals surface area (Å²) in [4.78, 5) is 11.4. The van der Waals surface area contributed by atoms with Crippen molar-refractivity contribution in [3.63, 3.8) is 0 Å². The maximum atomic E-state index is 11.4. The first kappa shape index (κ1) is 13.5. The lowest BCUT2D eigenvalue weighted by Crippen LogP contribution is -2.05. The second-order valence-electron chi connectivity index (χ2n) is 3.86. The van der Waals surface area contributed by atoms with Crippen molar-refractivity contribution in [1.82, 2.24) is 5.32 Å². The van der Waals surface area contributed by atoms with E-state index in [-0.39, 0.29) is 5.97 Å². The molecular weight excluding hydrogens is 214 g/mol. The van der Waals surface area contributed by atoms with Crippen molar-refractivity contribution < 1.29 is 9.53 Å². The molecule has 0 aromatic heterocycles. The van der Waals surface area contributed by atoms with E-state index in [1.165, 1.54) is 7.11 Å². The highest BCUT2D eigenvalue weighted by molar-refractivity contribution is 5.90. The number of ether oxygens (including phenoxy) is 1. The molecule has 1 aromatic rings. The van der Waals surface area contributed by atoms with Crippen LogP contribution < -0.4 is 5.32 Å². The van der Waals surface area contributed by atoms with Crippen molar-refractivity contribution in [1.29, 1.82) is 0 Å². The summed E-state index contributed by atoms with van der Waals surface area (Å²) in [6.07, 6.45) is 5.11. The van der Waals surface area contributed by atoms with Gasteiger partial charge < -0.3 is 10.1 Å². The Hall–Kier alpha value is -1.61. The van der Waals surface area contributed by atoms with Gasteiger partial charge in [0.05, 0.1) is 12.7 Å². The summed E-state index contributed by atoms with van der Waals surface area (Å²) >= 11 is 0. The van der Waals surface area contributed by atoms with Crippen LogP contribution in [0.3, 0.4) is 0 Å². The van der Waals surface area contributed by atoms with Crippen molar-refractivity contribution in [2.24, 2.45) is 0 Å². The van der Waals surface area contributed by atoms with Crippen LogP contribution in [-0.4, -0.2) is 26.7 Å². The summed E-state index contributed by atoms with van der Waals surface area (Å²) in [7, 11) is 3.32. The molecule has 0 amide bonds. The lowest BCUT2D eigenvalue weighted by molar-refractivity contribution is 0.0600. The Balaban J connectivity index is 2.83. The highest BCUT2D eigenvalue weighted by Crippen LogP contribution is 2.14. The van der Waals surface area contributed by atoms with Crippen LogP contribution in [0, 0.1) is 6.92 Å². The van der Waals surface area contributed by atoms with Gasteiger partial charge in [0.1, 0.15) is 0 Å². The van der Waals surface area contributed by atoms with Gasteiger partial charge in [0.25, 0.3) is 0 Å². The minimum atomic E-state index is -0.296. The van der Waals surface area contributed by atoms with E-state index in [1.807, 2.05) is 32.2 Å². The fourth-order valence-corrected chi connectivity index (χ4v) is 1.50. The number of aryl methyl sites for hydroxylation is 1. The topological polar surface area (TPSA) is 38.3 Å². The zero-order valence-electron chi connectivity index (χ0n) is 10.6. The summed E-state index contributed by atoms with van der Waals surface area (Å²) in [5, 5.41) is 3.08. The molecule has 92 valence electrons. The molecule has 0 aliphatic heterocycles. The van der Waals surface area contributed by atoms with Crippen LogP contribution in [0.25, 0.3) is 6.08 Å². The van der Waals surface area contributed by atoms with Gasteiger partial charge in [-0.05, 0) is 50.2 Å². The smallest absolute Gasteiger partial charge is 0.337 e. The first-order chi connectivity index (χ1) is 8.19. The second kappa shape index (κ2) is 6.86. The number of nitrogens with one attached hydrogen (secondary N) is 1. The predicted molar refractivity (Wildman–Crippen MR) is 70.1 cm³/mol. The van der Waals surface area contributed by atoms with E-state index >= 15 is 0 Å². The molecular formula is C14H19NO2. The molecule has 0 saturated heterocycles. The largest absolute Gasteiger partial charge is 0.465 e. The molecule has 0 saturated carbocycles. The summed E-state index contributed by atoms with van der Waals surface area (Å²) < 4.78 is 4.70. The first-order valence-electron chi connectivity index (χ1n) is 5.69. The minimum Gasteiger partial charge on any atom is -0.465 e. The average molecular weight is 233 g/mol. The number of benzene rings is 1. The van der Waals surface area contributed by atoms with Crippen molar-refractivity contribution in [2.45, 2.75) is 13.3 Å². The lowest BCUT2D eigenvalue weighted by atomic mass is 10.0. The molecule has 3 heteroatoms. The molecule has 0 atom stereocenters. The SMILES string of the molecule is CNCCC=Cc1cc(C(=O)OC)ccc1C. The predicted octanol–water partition coefficient (Wildman–Crippen LogP) is 2.40. The van der Waals surface area contributed by atoms with Crippen LogP contribution in [0.5, 0.6) is 0 Å². The van der Waals surface area contributed by atoms with Crippen LogP contribution in [-0.2, 0) is 4.74 Å². The molecule has 3 nitrogen and oxygen atoms in total. The lowest BCUT2D eigenvalue weighted by Gasteiger charge is -2.04. The van der Waals surface area contributed by atoms with Gasteiger partial charge in [-0.15, -0.1) is 0 Å². The van der Waals surface area contributed by atoms with Crippen molar-refractivity contribution in [3.05, 3.63) is 41.0 Å². The third-order valence-corrected chi connectivity index (χ3v) is 2.56. The van der Waals surface area contributed by atoms with E-state index in [9.17, 15) is 4.79 Å². The molecule has 0 radical (unpaired) electrons. The van der Waals surface area contributed by atoms with E-state index in [2.05, 4.69) is 11.4 Å². The molecule has 1 aromatic carbocycles. The summed E-state index contributed by atoms with van der Waals surface area (Å²) in [6, 6.07) is 5.58. The van der Waals surface area contributed by atoms with Gasteiger partial charge in [0, 0.05) is 0 Å². The maximum absolute atomic E-state index is 11.4. The second-order valence-corrected chi connectivity index (χ2v) is 3.86. The maximum Gasteiger partial charge on any atom is 0.337 e. The van der Waals surface area contributed by atoms with Crippen molar-refractivity contribution in [3.8, 4) is 0 Å². The molecule has 0 fully saturated rings. The molecule has 0 unspecified atom stereocenters. The monoisotopic (exact) mass is 233 g/mol. The van der Waals surface area contributed by atoms with Gasteiger partial charge in [-0.3, -0.25) is 0 Å². The Morgan fingerprint density at radius 1 is 1.47 bits per heavy atom. The van der Waals surface area contributed by atoms with Crippen LogP contribution in [0.4, 0.5) is 0 Å². The molecule has 1 N–H and O–H groups in total. The van der Waals surface area contributed by atoms with Crippen LogP contribution in [0.1, 0.15) is 27.9 Å². The zero-order valence-corrected chi connectivity index (χ0v) is 10.6. The number of hydrogen-bond donors (Lipinski definition) is 1. The van der Waals surface area contributed by atoms with E-state index in [1.54, 1.807) is 6.07 Å². The number of rotatable bonds is 5. The first-order valence-corrected chi connectivity index (χ1v) is 5.69. The van der Waals surface area contributed by atoms with E-state index < -0.39 is 0 Å². The average Bonchev–Trinajstić information content (AvgIpc) is 2.35. The zero-order chi connectivity index (χ0) is 12.7. The Labute approximate surface area is 102 Å². The molecule has 17 heavy (non-hydrogen) atoms. The quantitative estimate of drug-likeness (QED) is 0.627. The summed E-state index contributed by atoms with van der Waals surface area (Å²) in [5.41, 5.74) is 2.80. The van der Waals surface area contributed by atoms with E-state index in [0.29, 0.717) is 5.56 Å². The van der Waals surface area contributed by atoms with Gasteiger partial charge in [0.2, 0.25) is 0 Å². The fourth-order valence-electron chi connectivity index (χ4n) is 1.50. The third-order valence-electron chi connectivity index (χ3n) is 2.56. The number of methoxy groups -OCH3 is 1. The van der Waals surface area contributed by atoms with Crippen molar-refractivity contribution >= 4 is 12.0 Å². The number of carbonyl (C=O) groups is 1. The Morgan fingerprint density at radius 2 is 2.24 bits per heavy atom. The molecule has 0 heterocycles. The van der Waals surface area contributed by atoms with Crippen LogP contribution in [0.15, 0.2) is 24.3 Å². The molecule has 0 bridgehead atoms. The Morgan fingerprint density at radius 3 is 2.88 bits per heavy atom. The highest BCUT2D eigenvalue weighted by Gasteiger charge is 2.06. The molecule has 1 rings (SSSR count). The minimum absolute atomic E-state index is 0.296. The van der Waals surface area contributed by atoms with Gasteiger partial charge in [-0.1, -0.05) is 18.2 Å². The normalized spacial score (nSPS) is 10.8. The molecule has 0 aliphatic carbocycles. The fraction of sp³-hybridized carbons (Fsp3) is 0.357. The van der Waals surface area contributed by atoms with Crippen LogP contribution in [0.2, 0.25) is 0 Å². The Bertz CT molecular complexity index is 411. The number of esters is 1. The van der Waals surface area contributed by atoms with Gasteiger partial charge in [0.15, 0.2) is 0 Å². The van der Waals surface area contributed by atoms with Crippen LogP contribution >= 0.6 is 0 Å². The number of hydrogen-bond acceptors (Lipinski definition) is 3. The Kier molecular flexibility index (Phi) is 5.43. The standard InChI is InChI=1S/C14H19NO2/c1-11-7-8-13(14(16)17-3)10-12(11)6-4-5-9-15-2/h4,6-8,10,15H,5,9H2,1-3H3. The molecule has 0 aliphatic rings. The van der Waals surface area contributed by atoms with Gasteiger partial charge in [-0.2, -0.15) is 0 Å². The van der Waals surface area contributed by atoms with Gasteiger partial charge >= 0.3 is 5.97 Å². The van der Waals surface area contributed by atoms with E-state index in [4.69, 9.17) is 4.74 Å². The third kappa shape index (κ3) is 4.04. The number of carbonyl (C=O) groups excluding carboxylic acids is 1. The summed E-state index contributed by atoms with van der Waals surface area (Å²) in [5.74, 6) is -0.296. The summed E-state index contributed by atoms with van der Waals surface area (Å²) in [6.45, 7) is 2.98.